The van der Waals surface area contributed by atoms with Crippen molar-refractivity contribution >= 4 is 0 Å². The van der Waals surface area contributed by atoms with Crippen LogP contribution in [0.5, 0.6) is 0 Å². The lowest BCUT2D eigenvalue weighted by Gasteiger charge is -1.96. The Morgan fingerprint density at radius 3 is 2.25 bits per heavy atom. The van der Waals surface area contributed by atoms with E-state index in [1.165, 1.54) is 25.3 Å². The Kier molecular flexibility index (Phi) is 10.4. The lowest BCUT2D eigenvalue weighted by molar-refractivity contribution is 0.511. The first kappa shape index (κ1) is 15.3. The molecule has 0 aromatic carbocycles. The van der Waals surface area contributed by atoms with Crippen LogP contribution in [0, 0.1) is 0 Å². The number of rotatable bonds is 9. The minimum atomic E-state index is -0.691. The zero-order chi connectivity index (χ0) is 12.2. The molecule has 0 aliphatic heterocycles. The fourth-order valence-electron chi connectivity index (χ4n) is 1.42. The lowest BCUT2D eigenvalue weighted by Crippen LogP contribution is -1.80. The summed E-state index contributed by atoms with van der Waals surface area (Å²) < 4.78 is 26.2. The van der Waals surface area contributed by atoms with Gasteiger partial charge in [-0.2, -0.15) is 0 Å². The van der Waals surface area contributed by atoms with Gasteiger partial charge >= 0.3 is 0 Å². The monoisotopic (exact) mass is 230 g/mol. The van der Waals surface area contributed by atoms with Gasteiger partial charge in [-0.05, 0) is 25.3 Å². The molecule has 0 nitrogen and oxygen atoms in total. The van der Waals surface area contributed by atoms with E-state index in [0.717, 1.165) is 19.3 Å². The number of allylic oxidation sites excluding steroid dienone is 4. The van der Waals surface area contributed by atoms with Crippen LogP contribution in [0.4, 0.5) is 8.78 Å². The van der Waals surface area contributed by atoms with E-state index in [4.69, 9.17) is 0 Å². The number of halogens is 2. The first-order valence-corrected chi connectivity index (χ1v) is 6.43. The molecule has 0 rings (SSSR count). The van der Waals surface area contributed by atoms with Gasteiger partial charge < -0.3 is 0 Å². The highest BCUT2D eigenvalue weighted by Gasteiger charge is 2.01. The van der Waals surface area contributed by atoms with Crippen LogP contribution in [0.3, 0.4) is 0 Å². The van der Waals surface area contributed by atoms with Gasteiger partial charge in [0.1, 0.15) is 5.83 Å². The van der Waals surface area contributed by atoms with Crippen LogP contribution in [0.15, 0.2) is 23.8 Å². The first-order chi connectivity index (χ1) is 7.72. The summed E-state index contributed by atoms with van der Waals surface area (Å²) >= 11 is 0. The van der Waals surface area contributed by atoms with Crippen LogP contribution in [-0.4, -0.2) is 0 Å². The third-order valence-corrected chi connectivity index (χ3v) is 2.50. The Labute approximate surface area is 98.4 Å². The summed E-state index contributed by atoms with van der Waals surface area (Å²) in [5, 5.41) is 0. The van der Waals surface area contributed by atoms with Crippen LogP contribution < -0.4 is 0 Å². The topological polar surface area (TPSA) is 0 Å². The van der Waals surface area contributed by atoms with E-state index in [1.54, 1.807) is 6.08 Å². The fourth-order valence-corrected chi connectivity index (χ4v) is 1.42. The standard InChI is InChI=1S/C14H24F2/c1-3-5-7-8-9-10-12-14(16)13(15)11-6-4-2/h10,12H,3-9,11H2,1-2H3/b12-10-,14-13-. The van der Waals surface area contributed by atoms with E-state index in [2.05, 4.69) is 6.92 Å². The highest BCUT2D eigenvalue weighted by atomic mass is 19.2. The highest BCUT2D eigenvalue weighted by molar-refractivity contribution is 5.14. The Balaban J connectivity index is 3.74. The Hall–Kier alpha value is -0.660. The molecule has 0 bridgehead atoms. The minimum Gasteiger partial charge on any atom is -0.209 e. The Morgan fingerprint density at radius 2 is 1.62 bits per heavy atom. The van der Waals surface area contributed by atoms with Gasteiger partial charge in [0.2, 0.25) is 0 Å². The second-order valence-corrected chi connectivity index (χ2v) is 4.11. The molecule has 0 aliphatic carbocycles. The fraction of sp³-hybridized carbons (Fsp3) is 0.714. The van der Waals surface area contributed by atoms with Crippen molar-refractivity contribution in [1.82, 2.24) is 0 Å². The van der Waals surface area contributed by atoms with Crippen LogP contribution in [0.1, 0.15) is 65.2 Å². The van der Waals surface area contributed by atoms with Crippen LogP contribution >= 0.6 is 0 Å². The Morgan fingerprint density at radius 1 is 0.938 bits per heavy atom. The molecule has 2 heteroatoms. The molecule has 0 unspecified atom stereocenters. The first-order valence-electron chi connectivity index (χ1n) is 6.43. The number of hydrogen-bond donors (Lipinski definition) is 0. The minimum absolute atomic E-state index is 0.225. The number of unbranched alkanes of at least 4 members (excludes halogenated alkanes) is 5. The maximum absolute atomic E-state index is 13.1. The van der Waals surface area contributed by atoms with Crippen molar-refractivity contribution in [2.75, 3.05) is 0 Å². The maximum Gasteiger partial charge on any atom is 0.154 e. The average molecular weight is 230 g/mol. The summed E-state index contributed by atoms with van der Waals surface area (Å²) in [7, 11) is 0. The van der Waals surface area contributed by atoms with Crippen molar-refractivity contribution in [2.45, 2.75) is 65.2 Å². The van der Waals surface area contributed by atoms with Gasteiger partial charge in [-0.25, -0.2) is 8.78 Å². The molecule has 0 amide bonds. The van der Waals surface area contributed by atoms with Crippen LogP contribution in [-0.2, 0) is 0 Å². The molecular weight excluding hydrogens is 206 g/mol. The molecule has 16 heavy (non-hydrogen) atoms. The van der Waals surface area contributed by atoms with Crippen molar-refractivity contribution in [3.05, 3.63) is 23.8 Å². The Bertz CT molecular complexity index is 217. The molecule has 0 radical (unpaired) electrons. The van der Waals surface area contributed by atoms with Crippen molar-refractivity contribution in [1.29, 1.82) is 0 Å². The summed E-state index contributed by atoms with van der Waals surface area (Å²) in [6, 6.07) is 0. The summed E-state index contributed by atoms with van der Waals surface area (Å²) in [4.78, 5) is 0. The number of hydrogen-bond acceptors (Lipinski definition) is 0. The smallest absolute Gasteiger partial charge is 0.154 e. The molecule has 0 aromatic heterocycles. The second kappa shape index (κ2) is 10.8. The third-order valence-electron chi connectivity index (χ3n) is 2.50. The van der Waals surface area contributed by atoms with E-state index < -0.39 is 11.7 Å². The van der Waals surface area contributed by atoms with Gasteiger partial charge in [-0.1, -0.05) is 45.6 Å². The van der Waals surface area contributed by atoms with Gasteiger partial charge in [0, 0.05) is 6.42 Å². The van der Waals surface area contributed by atoms with Gasteiger partial charge in [0.15, 0.2) is 5.83 Å². The molecule has 0 N–H and O–H groups in total. The molecule has 0 fully saturated rings. The summed E-state index contributed by atoms with van der Waals surface area (Å²) in [5.41, 5.74) is 0. The van der Waals surface area contributed by atoms with E-state index in [9.17, 15) is 8.78 Å². The van der Waals surface area contributed by atoms with Crippen molar-refractivity contribution < 1.29 is 8.78 Å². The third kappa shape index (κ3) is 8.63. The molecular formula is C14H24F2. The largest absolute Gasteiger partial charge is 0.209 e. The van der Waals surface area contributed by atoms with E-state index in [1.807, 2.05) is 6.92 Å². The predicted octanol–water partition coefficient (Wildman–Crippen LogP) is 5.85. The van der Waals surface area contributed by atoms with Gasteiger partial charge in [0.25, 0.3) is 0 Å². The molecule has 94 valence electrons. The van der Waals surface area contributed by atoms with E-state index in [0.29, 0.717) is 6.42 Å². The molecule has 0 spiro atoms. The van der Waals surface area contributed by atoms with Gasteiger partial charge in [0.05, 0.1) is 0 Å². The average Bonchev–Trinajstić information content (AvgIpc) is 2.30. The SMILES string of the molecule is CCCCCC/C=C\C(F)=C(\F)CCCC. The lowest BCUT2D eigenvalue weighted by atomic mass is 10.1. The highest BCUT2D eigenvalue weighted by Crippen LogP contribution is 2.16. The molecule has 0 aromatic rings. The van der Waals surface area contributed by atoms with Crippen molar-refractivity contribution in [2.24, 2.45) is 0 Å². The van der Waals surface area contributed by atoms with Gasteiger partial charge in [-0.3, -0.25) is 0 Å². The predicted molar refractivity (Wildman–Crippen MR) is 66.7 cm³/mol. The summed E-state index contributed by atoms with van der Waals surface area (Å²) in [6.45, 7) is 4.12. The normalized spacial score (nSPS) is 13.2. The second-order valence-electron chi connectivity index (χ2n) is 4.11. The zero-order valence-corrected chi connectivity index (χ0v) is 10.6. The van der Waals surface area contributed by atoms with Crippen LogP contribution in [0.25, 0.3) is 0 Å². The summed E-state index contributed by atoms with van der Waals surface area (Å²) in [6.07, 6.45) is 10.3. The molecule has 0 heterocycles. The van der Waals surface area contributed by atoms with E-state index in [-0.39, 0.29) is 6.42 Å². The maximum atomic E-state index is 13.1. The molecule has 0 saturated heterocycles. The van der Waals surface area contributed by atoms with Crippen molar-refractivity contribution in [3.63, 3.8) is 0 Å². The summed E-state index contributed by atoms with van der Waals surface area (Å²) in [5.74, 6) is -1.30. The van der Waals surface area contributed by atoms with Crippen molar-refractivity contribution in [3.8, 4) is 0 Å². The van der Waals surface area contributed by atoms with Crippen LogP contribution in [0.2, 0.25) is 0 Å². The van der Waals surface area contributed by atoms with Gasteiger partial charge in [-0.15, -0.1) is 0 Å². The zero-order valence-electron chi connectivity index (χ0n) is 10.6. The molecule has 0 aliphatic rings. The van der Waals surface area contributed by atoms with E-state index >= 15 is 0 Å². The molecule has 0 saturated carbocycles. The quantitative estimate of drug-likeness (QED) is 0.344. The molecule has 0 atom stereocenters.